The summed E-state index contributed by atoms with van der Waals surface area (Å²) < 4.78 is 5.65. The average Bonchev–Trinajstić information content (AvgIpc) is 2.50. The molecule has 4 nitrogen and oxygen atoms in total. The van der Waals surface area contributed by atoms with Crippen molar-refractivity contribution in [1.29, 1.82) is 0 Å². The number of amides is 1. The zero-order valence-electron chi connectivity index (χ0n) is 11.7. The summed E-state index contributed by atoms with van der Waals surface area (Å²) in [6.07, 6.45) is 2.41. The van der Waals surface area contributed by atoms with Crippen molar-refractivity contribution in [3.8, 4) is 0 Å². The number of ether oxygens (including phenoxy) is 1. The van der Waals surface area contributed by atoms with Gasteiger partial charge in [0, 0.05) is 26.3 Å². The van der Waals surface area contributed by atoms with Gasteiger partial charge in [-0.1, -0.05) is 29.3 Å². The fourth-order valence-electron chi connectivity index (χ4n) is 2.38. The first-order chi connectivity index (χ1) is 10.1. The van der Waals surface area contributed by atoms with Crippen LogP contribution in [0.3, 0.4) is 0 Å². The number of rotatable bonds is 5. The number of likely N-dealkylation sites (tertiary alicyclic amines) is 1. The maximum Gasteiger partial charge on any atom is 0.255 e. The van der Waals surface area contributed by atoms with Gasteiger partial charge in [0.2, 0.25) is 0 Å². The van der Waals surface area contributed by atoms with Crippen LogP contribution in [0.25, 0.3) is 0 Å². The molecule has 0 unspecified atom stereocenters. The molecule has 0 spiro atoms. The number of hydrogen-bond acceptors (Lipinski definition) is 3. The van der Waals surface area contributed by atoms with Crippen LogP contribution in [0.4, 0.5) is 0 Å². The van der Waals surface area contributed by atoms with Crippen molar-refractivity contribution in [3.63, 3.8) is 0 Å². The Bertz CT molecular complexity index is 488. The molecule has 6 heteroatoms. The molecule has 0 aliphatic carbocycles. The van der Waals surface area contributed by atoms with Crippen LogP contribution in [0, 0.1) is 0 Å². The molecule has 0 aromatic heterocycles. The van der Waals surface area contributed by atoms with Crippen molar-refractivity contribution in [2.45, 2.75) is 25.4 Å². The number of halogens is 2. The van der Waals surface area contributed by atoms with Gasteiger partial charge in [0.15, 0.2) is 0 Å². The Kier molecular flexibility index (Phi) is 6.30. The number of aliphatic hydroxyl groups is 1. The quantitative estimate of drug-likeness (QED) is 0.844. The Morgan fingerprint density at radius 3 is 2.71 bits per heavy atom. The fraction of sp³-hybridized carbons (Fsp3) is 0.533. The molecule has 1 aromatic carbocycles. The van der Waals surface area contributed by atoms with Crippen molar-refractivity contribution in [2.24, 2.45) is 0 Å². The van der Waals surface area contributed by atoms with Gasteiger partial charge < -0.3 is 14.7 Å². The van der Waals surface area contributed by atoms with Gasteiger partial charge in [0.1, 0.15) is 0 Å². The molecular weight excluding hydrogens is 313 g/mol. The van der Waals surface area contributed by atoms with Crippen molar-refractivity contribution in [3.05, 3.63) is 33.8 Å². The predicted octanol–water partition coefficient (Wildman–Crippen LogP) is 3.00. The molecule has 1 aromatic rings. The van der Waals surface area contributed by atoms with Crippen molar-refractivity contribution >= 4 is 29.1 Å². The number of hydrogen-bond donors (Lipinski definition) is 1. The third-order valence-electron chi connectivity index (χ3n) is 3.57. The minimum Gasteiger partial charge on any atom is -0.396 e. The van der Waals surface area contributed by atoms with E-state index < -0.39 is 0 Å². The van der Waals surface area contributed by atoms with Crippen LogP contribution in [0.1, 0.15) is 29.6 Å². The molecule has 21 heavy (non-hydrogen) atoms. The lowest BCUT2D eigenvalue weighted by Gasteiger charge is -2.32. The first kappa shape index (κ1) is 16.6. The molecule has 1 aliphatic rings. The molecular formula is C15H19Cl2NO3. The molecule has 0 radical (unpaired) electrons. The second kappa shape index (κ2) is 7.99. The van der Waals surface area contributed by atoms with Gasteiger partial charge in [-0.25, -0.2) is 0 Å². The van der Waals surface area contributed by atoms with E-state index in [-0.39, 0.29) is 18.6 Å². The summed E-state index contributed by atoms with van der Waals surface area (Å²) in [5.74, 6) is -0.0868. The predicted molar refractivity (Wildman–Crippen MR) is 83.0 cm³/mol. The molecule has 0 atom stereocenters. The average molecular weight is 332 g/mol. The van der Waals surface area contributed by atoms with Gasteiger partial charge in [-0.15, -0.1) is 0 Å². The highest BCUT2D eigenvalue weighted by Crippen LogP contribution is 2.27. The first-order valence-corrected chi connectivity index (χ1v) is 7.85. The van der Waals surface area contributed by atoms with Crippen LogP contribution in [-0.2, 0) is 4.74 Å². The Labute approximate surface area is 134 Å². The molecule has 116 valence electrons. The molecule has 0 saturated carbocycles. The maximum absolute atomic E-state index is 12.4. The second-order valence-electron chi connectivity index (χ2n) is 5.04. The molecule has 2 rings (SSSR count). The van der Waals surface area contributed by atoms with Crippen LogP contribution in [0.2, 0.25) is 10.0 Å². The SMILES string of the molecule is O=C(c1cccc(Cl)c1Cl)N1CCC(OCCCO)CC1. The minimum absolute atomic E-state index is 0.0868. The largest absolute Gasteiger partial charge is 0.396 e. The van der Waals surface area contributed by atoms with E-state index in [1.807, 2.05) is 0 Å². The van der Waals surface area contributed by atoms with E-state index in [0.717, 1.165) is 12.8 Å². The van der Waals surface area contributed by atoms with Gasteiger partial charge in [-0.3, -0.25) is 4.79 Å². The zero-order chi connectivity index (χ0) is 15.2. The van der Waals surface area contributed by atoms with Gasteiger partial charge in [-0.2, -0.15) is 0 Å². The van der Waals surface area contributed by atoms with E-state index in [2.05, 4.69) is 0 Å². The Balaban J connectivity index is 1.90. The maximum atomic E-state index is 12.4. The van der Waals surface area contributed by atoms with Gasteiger partial charge in [0.05, 0.1) is 21.7 Å². The topological polar surface area (TPSA) is 49.8 Å². The molecule has 1 N–H and O–H groups in total. The normalized spacial score (nSPS) is 16.2. The molecule has 1 heterocycles. The van der Waals surface area contributed by atoms with Gasteiger partial charge in [0.25, 0.3) is 5.91 Å². The van der Waals surface area contributed by atoms with Crippen LogP contribution >= 0.6 is 23.2 Å². The Morgan fingerprint density at radius 2 is 2.05 bits per heavy atom. The molecule has 1 aliphatic heterocycles. The smallest absolute Gasteiger partial charge is 0.255 e. The summed E-state index contributed by atoms with van der Waals surface area (Å²) in [5, 5.41) is 9.43. The Hall–Kier alpha value is -0.810. The number of carbonyl (C=O) groups is 1. The summed E-state index contributed by atoms with van der Waals surface area (Å²) in [7, 11) is 0. The second-order valence-corrected chi connectivity index (χ2v) is 5.83. The summed E-state index contributed by atoms with van der Waals surface area (Å²) in [4.78, 5) is 14.2. The van der Waals surface area contributed by atoms with E-state index in [1.165, 1.54) is 0 Å². The number of aliphatic hydroxyl groups excluding tert-OH is 1. The number of carbonyl (C=O) groups excluding carboxylic acids is 1. The van der Waals surface area contributed by atoms with E-state index >= 15 is 0 Å². The van der Waals surface area contributed by atoms with Crippen LogP contribution in [-0.4, -0.2) is 48.3 Å². The summed E-state index contributed by atoms with van der Waals surface area (Å²) in [6, 6.07) is 5.09. The van der Waals surface area contributed by atoms with Gasteiger partial charge >= 0.3 is 0 Å². The highest BCUT2D eigenvalue weighted by atomic mass is 35.5. The standard InChI is InChI=1S/C15H19Cl2NO3/c16-13-4-1-3-12(14(13)17)15(20)18-7-5-11(6-8-18)21-10-2-9-19/h1,3-4,11,19H,2,5-10H2. The van der Waals surface area contributed by atoms with Gasteiger partial charge in [-0.05, 0) is 31.4 Å². The molecule has 1 amide bonds. The summed E-state index contributed by atoms with van der Waals surface area (Å²) in [6.45, 7) is 2.00. The van der Waals surface area contributed by atoms with Crippen molar-refractivity contribution in [1.82, 2.24) is 4.90 Å². The fourth-order valence-corrected chi connectivity index (χ4v) is 2.76. The lowest BCUT2D eigenvalue weighted by Crippen LogP contribution is -2.41. The van der Waals surface area contributed by atoms with Crippen LogP contribution in [0.15, 0.2) is 18.2 Å². The van der Waals surface area contributed by atoms with Crippen molar-refractivity contribution in [2.75, 3.05) is 26.3 Å². The lowest BCUT2D eigenvalue weighted by molar-refractivity contribution is 0.00398. The molecule has 1 fully saturated rings. The Morgan fingerprint density at radius 1 is 1.33 bits per heavy atom. The minimum atomic E-state index is -0.0868. The van der Waals surface area contributed by atoms with Crippen LogP contribution in [0.5, 0.6) is 0 Å². The highest BCUT2D eigenvalue weighted by Gasteiger charge is 2.25. The van der Waals surface area contributed by atoms with Crippen LogP contribution < -0.4 is 0 Å². The van der Waals surface area contributed by atoms with Crippen molar-refractivity contribution < 1.29 is 14.6 Å². The van der Waals surface area contributed by atoms with E-state index in [9.17, 15) is 4.79 Å². The number of benzene rings is 1. The summed E-state index contributed by atoms with van der Waals surface area (Å²) >= 11 is 12.0. The van der Waals surface area contributed by atoms with E-state index in [1.54, 1.807) is 23.1 Å². The monoisotopic (exact) mass is 331 g/mol. The van der Waals surface area contributed by atoms with E-state index in [0.29, 0.717) is 41.7 Å². The zero-order valence-corrected chi connectivity index (χ0v) is 13.2. The third-order valence-corrected chi connectivity index (χ3v) is 4.39. The first-order valence-electron chi connectivity index (χ1n) is 7.09. The molecule has 0 bridgehead atoms. The molecule has 1 saturated heterocycles. The number of nitrogens with zero attached hydrogens (tertiary/aromatic N) is 1. The van der Waals surface area contributed by atoms with E-state index in [4.69, 9.17) is 33.0 Å². The lowest BCUT2D eigenvalue weighted by atomic mass is 10.1. The third kappa shape index (κ3) is 4.33. The summed E-state index contributed by atoms with van der Waals surface area (Å²) in [5.41, 5.74) is 0.448. The highest BCUT2D eigenvalue weighted by molar-refractivity contribution is 6.43. The number of piperidine rings is 1.